The molecule has 0 unspecified atom stereocenters. The van der Waals surface area contributed by atoms with E-state index in [0.717, 1.165) is 12.0 Å². The first-order chi connectivity index (χ1) is 9.05. The monoisotopic (exact) mass is 300 g/mol. The van der Waals surface area contributed by atoms with Crippen LogP contribution in [0.2, 0.25) is 5.02 Å². The highest BCUT2D eigenvalue weighted by molar-refractivity contribution is 7.89. The van der Waals surface area contributed by atoms with Gasteiger partial charge >= 0.3 is 0 Å². The zero-order valence-corrected chi connectivity index (χ0v) is 12.3. The lowest BCUT2D eigenvalue weighted by molar-refractivity contribution is 0.437. The molecule has 1 heterocycles. The molecule has 0 aliphatic carbocycles. The van der Waals surface area contributed by atoms with Gasteiger partial charge in [-0.15, -0.1) is 0 Å². The van der Waals surface area contributed by atoms with Gasteiger partial charge in [0.25, 0.3) is 0 Å². The molecule has 0 amide bonds. The summed E-state index contributed by atoms with van der Waals surface area (Å²) < 4.78 is 26.6. The molecule has 0 bridgehead atoms. The highest BCUT2D eigenvalue weighted by atomic mass is 35.5. The van der Waals surface area contributed by atoms with Gasteiger partial charge in [0.2, 0.25) is 10.0 Å². The van der Waals surface area contributed by atoms with Gasteiger partial charge in [0, 0.05) is 19.6 Å². The summed E-state index contributed by atoms with van der Waals surface area (Å²) in [6.07, 6.45) is 4.60. The van der Waals surface area contributed by atoms with E-state index in [4.69, 9.17) is 11.6 Å². The minimum atomic E-state index is -3.51. The second-order valence-corrected chi connectivity index (χ2v) is 6.73. The smallest absolute Gasteiger partial charge is 0.244 e. The molecule has 104 valence electrons. The fourth-order valence-electron chi connectivity index (χ4n) is 2.04. The number of sulfonamides is 1. The van der Waals surface area contributed by atoms with E-state index in [1.807, 2.05) is 25.3 Å². The Balaban J connectivity index is 2.38. The number of hydrogen-bond donors (Lipinski definition) is 1. The summed E-state index contributed by atoms with van der Waals surface area (Å²) in [5.74, 6) is 0. The fraction of sp³-hybridized carbons (Fsp3) is 0.385. The minimum Gasteiger partial charge on any atom is -0.316 e. The number of benzene rings is 1. The van der Waals surface area contributed by atoms with Crippen molar-refractivity contribution in [3.8, 4) is 0 Å². The normalized spacial score (nSPS) is 16.7. The summed E-state index contributed by atoms with van der Waals surface area (Å²) >= 11 is 6.06. The molecule has 0 aromatic heterocycles. The second kappa shape index (κ2) is 6.05. The molecule has 1 aromatic carbocycles. The van der Waals surface area contributed by atoms with Crippen molar-refractivity contribution in [3.63, 3.8) is 0 Å². The van der Waals surface area contributed by atoms with E-state index in [1.54, 1.807) is 12.1 Å². The van der Waals surface area contributed by atoms with Crippen molar-refractivity contribution in [1.82, 2.24) is 9.62 Å². The van der Waals surface area contributed by atoms with Crippen LogP contribution in [0.1, 0.15) is 12.0 Å². The number of hydrogen-bond acceptors (Lipinski definition) is 3. The molecular formula is C13H17ClN2O2S. The maximum Gasteiger partial charge on any atom is 0.244 e. The van der Waals surface area contributed by atoms with E-state index in [0.29, 0.717) is 19.6 Å². The SMILES string of the molecule is CNCc1ccc(Cl)c(S(=O)(=O)N2CC=CCC2)c1. The standard InChI is InChI=1S/C13H17ClN2O2S/c1-15-10-11-5-6-12(14)13(9-11)19(17,18)16-7-3-2-4-8-16/h2-3,5-6,9,15H,4,7-8,10H2,1H3. The topological polar surface area (TPSA) is 49.4 Å². The molecule has 1 N–H and O–H groups in total. The Kier molecular flexibility index (Phi) is 4.62. The number of rotatable bonds is 4. The van der Waals surface area contributed by atoms with Crippen LogP contribution >= 0.6 is 11.6 Å². The summed E-state index contributed by atoms with van der Waals surface area (Å²) in [6.45, 7) is 1.53. The molecule has 0 fully saturated rings. The highest BCUT2D eigenvalue weighted by Gasteiger charge is 2.26. The Labute approximate surface area is 119 Å². The molecule has 1 aromatic rings. The van der Waals surface area contributed by atoms with Crippen LogP contribution in [-0.4, -0.2) is 32.9 Å². The van der Waals surface area contributed by atoms with E-state index < -0.39 is 10.0 Å². The molecule has 0 saturated heterocycles. The fourth-order valence-corrected chi connectivity index (χ4v) is 3.97. The van der Waals surface area contributed by atoms with Crippen LogP contribution in [0, 0.1) is 0 Å². The van der Waals surface area contributed by atoms with Crippen molar-refractivity contribution >= 4 is 21.6 Å². The van der Waals surface area contributed by atoms with Crippen LogP contribution in [0.3, 0.4) is 0 Å². The van der Waals surface area contributed by atoms with Crippen molar-refractivity contribution in [2.45, 2.75) is 17.9 Å². The summed E-state index contributed by atoms with van der Waals surface area (Å²) in [5, 5.41) is 3.27. The molecular weight excluding hydrogens is 284 g/mol. The van der Waals surface area contributed by atoms with Gasteiger partial charge in [-0.1, -0.05) is 29.8 Å². The maximum absolute atomic E-state index is 12.6. The summed E-state index contributed by atoms with van der Waals surface area (Å²) in [7, 11) is -1.69. The lowest BCUT2D eigenvalue weighted by atomic mass is 10.2. The van der Waals surface area contributed by atoms with Gasteiger partial charge in [-0.2, -0.15) is 4.31 Å². The predicted octanol–water partition coefficient (Wildman–Crippen LogP) is 2.01. The molecule has 6 heteroatoms. The first-order valence-electron chi connectivity index (χ1n) is 6.14. The molecule has 19 heavy (non-hydrogen) atoms. The third kappa shape index (κ3) is 3.17. The zero-order valence-electron chi connectivity index (χ0n) is 10.8. The molecule has 2 rings (SSSR count). The van der Waals surface area contributed by atoms with Gasteiger partial charge in [0.05, 0.1) is 5.02 Å². The lowest BCUT2D eigenvalue weighted by Gasteiger charge is -2.23. The average molecular weight is 301 g/mol. The van der Waals surface area contributed by atoms with Gasteiger partial charge < -0.3 is 5.32 Å². The van der Waals surface area contributed by atoms with Crippen LogP contribution in [0.5, 0.6) is 0 Å². The molecule has 0 saturated carbocycles. The molecule has 4 nitrogen and oxygen atoms in total. The van der Waals surface area contributed by atoms with Gasteiger partial charge in [-0.25, -0.2) is 8.42 Å². The Hall–Kier alpha value is -0.880. The molecule has 0 radical (unpaired) electrons. The third-order valence-electron chi connectivity index (χ3n) is 3.02. The van der Waals surface area contributed by atoms with Crippen LogP contribution in [0.25, 0.3) is 0 Å². The largest absolute Gasteiger partial charge is 0.316 e. The van der Waals surface area contributed by atoms with Gasteiger partial charge in [0.15, 0.2) is 0 Å². The Morgan fingerprint density at radius 2 is 2.16 bits per heavy atom. The van der Waals surface area contributed by atoms with Crippen molar-refractivity contribution in [3.05, 3.63) is 40.9 Å². The summed E-state index contributed by atoms with van der Waals surface area (Å²) in [6, 6.07) is 5.11. The van der Waals surface area contributed by atoms with Crippen LogP contribution in [0.15, 0.2) is 35.2 Å². The van der Waals surface area contributed by atoms with Crippen molar-refractivity contribution in [1.29, 1.82) is 0 Å². The van der Waals surface area contributed by atoms with E-state index in [-0.39, 0.29) is 9.92 Å². The quantitative estimate of drug-likeness (QED) is 0.866. The van der Waals surface area contributed by atoms with Crippen molar-refractivity contribution < 1.29 is 8.42 Å². The maximum atomic E-state index is 12.6. The van der Waals surface area contributed by atoms with Crippen molar-refractivity contribution in [2.75, 3.05) is 20.1 Å². The first-order valence-corrected chi connectivity index (χ1v) is 7.95. The lowest BCUT2D eigenvalue weighted by Crippen LogP contribution is -2.34. The van der Waals surface area contributed by atoms with E-state index in [9.17, 15) is 8.42 Å². The Bertz CT molecular complexity index is 584. The second-order valence-electron chi connectivity index (χ2n) is 4.42. The predicted molar refractivity (Wildman–Crippen MR) is 76.7 cm³/mol. The number of halogens is 1. The molecule has 1 aliphatic heterocycles. The number of nitrogens with one attached hydrogen (secondary N) is 1. The highest BCUT2D eigenvalue weighted by Crippen LogP contribution is 2.26. The first kappa shape index (κ1) is 14.5. The van der Waals surface area contributed by atoms with E-state index in [1.165, 1.54) is 4.31 Å². The van der Waals surface area contributed by atoms with Crippen LogP contribution in [-0.2, 0) is 16.6 Å². The minimum absolute atomic E-state index is 0.192. The van der Waals surface area contributed by atoms with E-state index >= 15 is 0 Å². The molecule has 0 spiro atoms. The third-order valence-corrected chi connectivity index (χ3v) is 5.36. The zero-order chi connectivity index (χ0) is 13.9. The Morgan fingerprint density at radius 1 is 1.37 bits per heavy atom. The number of nitrogens with zero attached hydrogens (tertiary/aromatic N) is 1. The summed E-state index contributed by atoms with van der Waals surface area (Å²) in [4.78, 5) is 0.192. The van der Waals surface area contributed by atoms with Crippen LogP contribution < -0.4 is 5.32 Å². The Morgan fingerprint density at radius 3 is 2.79 bits per heavy atom. The van der Waals surface area contributed by atoms with E-state index in [2.05, 4.69) is 5.32 Å². The van der Waals surface area contributed by atoms with Gasteiger partial charge in [-0.3, -0.25) is 0 Å². The summed E-state index contributed by atoms with van der Waals surface area (Å²) in [5.41, 5.74) is 0.901. The van der Waals surface area contributed by atoms with Crippen molar-refractivity contribution in [2.24, 2.45) is 0 Å². The molecule has 1 aliphatic rings. The van der Waals surface area contributed by atoms with Gasteiger partial charge in [-0.05, 0) is 31.2 Å². The van der Waals surface area contributed by atoms with Crippen LogP contribution in [0.4, 0.5) is 0 Å². The molecule has 0 atom stereocenters. The average Bonchev–Trinajstić information content (AvgIpc) is 2.42. The van der Waals surface area contributed by atoms with Gasteiger partial charge in [0.1, 0.15) is 4.90 Å².